The van der Waals surface area contributed by atoms with E-state index >= 15 is 0 Å². The standard InChI is InChI=1S/C25H28N4O3/c1-16-21(23(30)31-5)22(29-24(28-16)26-15-27-29)19-8-6-7-9-20(19)32-14-17-10-12-18(13-11-17)25(2,3)4/h6-13,15,22H,14H2,1-5H3,(H,26,27,28). The number of aromatic nitrogens is 3. The molecule has 0 radical (unpaired) electrons. The number of hydrogen-bond acceptors (Lipinski definition) is 6. The van der Waals surface area contributed by atoms with Crippen LogP contribution < -0.4 is 10.1 Å². The number of nitrogens with zero attached hydrogens (tertiary/aromatic N) is 3. The molecule has 1 aliphatic rings. The molecule has 1 aromatic heterocycles. The van der Waals surface area contributed by atoms with Gasteiger partial charge in [-0.25, -0.2) is 9.48 Å². The lowest BCUT2D eigenvalue weighted by Crippen LogP contribution is -2.29. The van der Waals surface area contributed by atoms with Crippen LogP contribution in [0.5, 0.6) is 5.75 Å². The third-order valence-corrected chi connectivity index (χ3v) is 5.63. The first-order chi connectivity index (χ1) is 15.3. The summed E-state index contributed by atoms with van der Waals surface area (Å²) in [7, 11) is 1.38. The topological polar surface area (TPSA) is 78.3 Å². The first-order valence-electron chi connectivity index (χ1n) is 10.6. The lowest BCUT2D eigenvalue weighted by atomic mass is 9.87. The molecule has 0 saturated heterocycles. The van der Waals surface area contributed by atoms with E-state index in [-0.39, 0.29) is 5.41 Å². The van der Waals surface area contributed by atoms with Gasteiger partial charge in [0.2, 0.25) is 5.95 Å². The fourth-order valence-corrected chi connectivity index (χ4v) is 3.85. The zero-order chi connectivity index (χ0) is 22.9. The largest absolute Gasteiger partial charge is 0.489 e. The van der Waals surface area contributed by atoms with E-state index in [1.54, 1.807) is 4.68 Å². The zero-order valence-corrected chi connectivity index (χ0v) is 19.0. The molecule has 2 aromatic carbocycles. The predicted octanol–water partition coefficient (Wildman–Crippen LogP) is 4.62. The van der Waals surface area contributed by atoms with Crippen LogP contribution in [-0.2, 0) is 21.6 Å². The second kappa shape index (κ2) is 8.49. The molecule has 0 amide bonds. The first kappa shape index (κ1) is 21.6. The lowest BCUT2D eigenvalue weighted by Gasteiger charge is -2.29. The highest BCUT2D eigenvalue weighted by atomic mass is 16.5. The minimum atomic E-state index is -0.513. The Morgan fingerprint density at radius 3 is 2.53 bits per heavy atom. The maximum Gasteiger partial charge on any atom is 0.338 e. The Kier molecular flexibility index (Phi) is 5.74. The molecule has 2 heterocycles. The summed E-state index contributed by atoms with van der Waals surface area (Å²) in [4.78, 5) is 16.9. The van der Waals surface area contributed by atoms with Gasteiger partial charge in [-0.2, -0.15) is 10.1 Å². The average molecular weight is 433 g/mol. The highest BCUT2D eigenvalue weighted by Crippen LogP contribution is 2.39. The van der Waals surface area contributed by atoms with Gasteiger partial charge in [0.05, 0.1) is 12.7 Å². The molecule has 1 atom stereocenters. The van der Waals surface area contributed by atoms with Crippen LogP contribution in [0.3, 0.4) is 0 Å². The normalized spacial score (nSPS) is 15.7. The van der Waals surface area contributed by atoms with Gasteiger partial charge in [-0.3, -0.25) is 0 Å². The molecule has 7 heteroatoms. The van der Waals surface area contributed by atoms with E-state index in [1.807, 2.05) is 31.2 Å². The third kappa shape index (κ3) is 4.10. The summed E-state index contributed by atoms with van der Waals surface area (Å²) < 4.78 is 13.0. The van der Waals surface area contributed by atoms with Gasteiger partial charge in [0.1, 0.15) is 24.7 Å². The Labute approximate surface area is 188 Å². The van der Waals surface area contributed by atoms with Crippen molar-refractivity contribution in [1.82, 2.24) is 14.8 Å². The van der Waals surface area contributed by atoms with E-state index in [0.717, 1.165) is 11.1 Å². The van der Waals surface area contributed by atoms with E-state index in [9.17, 15) is 4.79 Å². The van der Waals surface area contributed by atoms with Crippen molar-refractivity contribution >= 4 is 11.9 Å². The summed E-state index contributed by atoms with van der Waals surface area (Å²) in [5, 5.41) is 7.48. The molecule has 0 aliphatic carbocycles. The van der Waals surface area contributed by atoms with Gasteiger partial charge in [0, 0.05) is 11.3 Å². The number of fused-ring (bicyclic) bond motifs is 1. The number of esters is 1. The Morgan fingerprint density at radius 1 is 1.12 bits per heavy atom. The number of allylic oxidation sites excluding steroid dienone is 1. The average Bonchev–Trinajstić information content (AvgIpc) is 3.24. The molecule has 32 heavy (non-hydrogen) atoms. The zero-order valence-electron chi connectivity index (χ0n) is 19.0. The van der Waals surface area contributed by atoms with Crippen molar-refractivity contribution in [3.05, 3.63) is 82.8 Å². The molecule has 0 bridgehead atoms. The van der Waals surface area contributed by atoms with Crippen LogP contribution in [0.2, 0.25) is 0 Å². The fourth-order valence-electron chi connectivity index (χ4n) is 3.85. The van der Waals surface area contributed by atoms with Crippen LogP contribution in [0.4, 0.5) is 5.95 Å². The number of methoxy groups -OCH3 is 1. The molecule has 1 aliphatic heterocycles. The van der Waals surface area contributed by atoms with Crippen molar-refractivity contribution in [2.24, 2.45) is 0 Å². The van der Waals surface area contributed by atoms with Gasteiger partial charge >= 0.3 is 5.97 Å². The number of para-hydroxylation sites is 1. The van der Waals surface area contributed by atoms with Gasteiger partial charge in [-0.05, 0) is 29.5 Å². The summed E-state index contributed by atoms with van der Waals surface area (Å²) in [5.74, 6) is 0.816. The second-order valence-corrected chi connectivity index (χ2v) is 8.86. The smallest absolute Gasteiger partial charge is 0.338 e. The number of anilines is 1. The Morgan fingerprint density at radius 2 is 1.84 bits per heavy atom. The van der Waals surface area contributed by atoms with Crippen LogP contribution in [0, 0.1) is 0 Å². The number of hydrogen-bond donors (Lipinski definition) is 1. The van der Waals surface area contributed by atoms with Crippen molar-refractivity contribution in [3.8, 4) is 5.75 Å². The molecule has 0 saturated carbocycles. The third-order valence-electron chi connectivity index (χ3n) is 5.63. The quantitative estimate of drug-likeness (QED) is 0.593. The SMILES string of the molecule is COC(=O)C1=C(C)Nc2ncnn2C1c1ccccc1OCc1ccc(C(C)(C)C)cc1. The maximum absolute atomic E-state index is 12.7. The predicted molar refractivity (Wildman–Crippen MR) is 122 cm³/mol. The molecule has 1 N–H and O–H groups in total. The number of rotatable bonds is 5. The first-order valence-corrected chi connectivity index (χ1v) is 10.6. The Hall–Kier alpha value is -3.61. The molecule has 4 rings (SSSR count). The molecule has 166 valence electrons. The highest BCUT2D eigenvalue weighted by molar-refractivity contribution is 5.92. The summed E-state index contributed by atoms with van der Waals surface area (Å²) >= 11 is 0. The van der Waals surface area contributed by atoms with E-state index < -0.39 is 12.0 Å². The monoisotopic (exact) mass is 432 g/mol. The molecular formula is C25H28N4O3. The van der Waals surface area contributed by atoms with E-state index in [0.29, 0.717) is 29.6 Å². The minimum absolute atomic E-state index is 0.102. The van der Waals surface area contributed by atoms with Crippen LogP contribution in [-0.4, -0.2) is 27.8 Å². The van der Waals surface area contributed by atoms with Crippen LogP contribution >= 0.6 is 0 Å². The van der Waals surface area contributed by atoms with Crippen molar-refractivity contribution in [3.63, 3.8) is 0 Å². The van der Waals surface area contributed by atoms with E-state index in [1.165, 1.54) is 19.0 Å². The van der Waals surface area contributed by atoms with Crippen molar-refractivity contribution in [1.29, 1.82) is 0 Å². The minimum Gasteiger partial charge on any atom is -0.489 e. The van der Waals surface area contributed by atoms with Gasteiger partial charge in [0.15, 0.2) is 0 Å². The Bertz CT molecular complexity index is 1160. The van der Waals surface area contributed by atoms with Crippen molar-refractivity contribution in [2.75, 3.05) is 12.4 Å². The van der Waals surface area contributed by atoms with Crippen LogP contribution in [0.1, 0.15) is 50.4 Å². The lowest BCUT2D eigenvalue weighted by molar-refractivity contribution is -0.136. The molecule has 7 nitrogen and oxygen atoms in total. The van der Waals surface area contributed by atoms with Gasteiger partial charge in [0.25, 0.3) is 0 Å². The van der Waals surface area contributed by atoms with E-state index in [4.69, 9.17) is 9.47 Å². The summed E-state index contributed by atoms with van der Waals surface area (Å²) in [6.45, 7) is 8.83. The molecule has 0 spiro atoms. The van der Waals surface area contributed by atoms with Gasteiger partial charge < -0.3 is 14.8 Å². The molecule has 3 aromatic rings. The van der Waals surface area contributed by atoms with Crippen molar-refractivity contribution in [2.45, 2.75) is 45.8 Å². The summed E-state index contributed by atoms with van der Waals surface area (Å²) in [6, 6.07) is 15.6. The number of nitrogens with one attached hydrogen (secondary N) is 1. The fraction of sp³-hybridized carbons (Fsp3) is 0.320. The maximum atomic E-state index is 12.7. The number of carbonyl (C=O) groups excluding carboxylic acids is 1. The molecular weight excluding hydrogens is 404 g/mol. The number of ether oxygens (including phenoxy) is 2. The highest BCUT2D eigenvalue weighted by Gasteiger charge is 2.35. The Balaban J connectivity index is 1.67. The van der Waals surface area contributed by atoms with E-state index in [2.05, 4.69) is 60.4 Å². The summed E-state index contributed by atoms with van der Waals surface area (Å²) in [6.07, 6.45) is 1.46. The summed E-state index contributed by atoms with van der Waals surface area (Å²) in [5.41, 5.74) is 4.40. The van der Waals surface area contributed by atoms with Gasteiger partial charge in [-0.1, -0.05) is 63.2 Å². The number of benzene rings is 2. The molecule has 0 fully saturated rings. The second-order valence-electron chi connectivity index (χ2n) is 8.86. The van der Waals surface area contributed by atoms with Crippen LogP contribution in [0.25, 0.3) is 0 Å². The van der Waals surface area contributed by atoms with Crippen LogP contribution in [0.15, 0.2) is 66.1 Å². The number of carbonyl (C=O) groups is 1. The molecule has 1 unspecified atom stereocenters. The van der Waals surface area contributed by atoms with Crippen molar-refractivity contribution < 1.29 is 14.3 Å². The van der Waals surface area contributed by atoms with Gasteiger partial charge in [-0.15, -0.1) is 0 Å².